The molecule has 0 heterocycles. The van der Waals surface area contributed by atoms with Crippen LogP contribution in [0.25, 0.3) is 0 Å². The first-order valence-corrected chi connectivity index (χ1v) is 7.66. The molecule has 1 atom stereocenters. The molecule has 1 N–H and O–H groups in total. The Kier molecular flexibility index (Phi) is 4.03. The maximum atomic E-state index is 10.9. The third kappa shape index (κ3) is 2.84. The highest BCUT2D eigenvalue weighted by Gasteiger charge is 2.24. The Bertz CT molecular complexity index is 688. The Morgan fingerprint density at radius 3 is 2.81 bits per heavy atom. The molecule has 1 aliphatic rings. The van der Waals surface area contributed by atoms with Gasteiger partial charge in [-0.15, -0.1) is 0 Å². The fraction of sp³-hybridized carbons (Fsp3) is 0.250. The molecule has 108 valence electrons. The molecule has 0 radical (unpaired) electrons. The third-order valence-electron chi connectivity index (χ3n) is 3.92. The number of hydrogen-bond acceptors (Lipinski definition) is 3. The molecular weight excluding hydrogens is 332 g/mol. The molecule has 1 aliphatic carbocycles. The second kappa shape index (κ2) is 5.95. The van der Waals surface area contributed by atoms with E-state index in [9.17, 15) is 10.1 Å². The molecule has 5 heteroatoms. The number of nitro benzene ring substituents is 1. The number of nitrogens with zero attached hydrogens (tertiary/aromatic N) is 1. The van der Waals surface area contributed by atoms with Crippen molar-refractivity contribution in [2.45, 2.75) is 18.9 Å². The maximum absolute atomic E-state index is 10.9. The summed E-state index contributed by atoms with van der Waals surface area (Å²) in [6.07, 6.45) is 1.11. The SMILES string of the molecule is O=[N+]([O-])c1cccc(CNCC2Cc3ccccc32)c1Br. The number of fused-ring (bicyclic) bond motifs is 1. The average Bonchev–Trinajstić information content (AvgIpc) is 2.45. The fourth-order valence-corrected chi connectivity index (χ4v) is 3.32. The van der Waals surface area contributed by atoms with Crippen molar-refractivity contribution in [1.82, 2.24) is 5.32 Å². The lowest BCUT2D eigenvalue weighted by atomic mass is 9.77. The van der Waals surface area contributed by atoms with Crippen molar-refractivity contribution >= 4 is 21.6 Å². The van der Waals surface area contributed by atoms with E-state index in [0.717, 1.165) is 18.5 Å². The predicted molar refractivity (Wildman–Crippen MR) is 85.4 cm³/mol. The highest BCUT2D eigenvalue weighted by molar-refractivity contribution is 9.10. The van der Waals surface area contributed by atoms with Crippen molar-refractivity contribution in [2.24, 2.45) is 0 Å². The van der Waals surface area contributed by atoms with Crippen LogP contribution in [0.4, 0.5) is 5.69 Å². The topological polar surface area (TPSA) is 55.2 Å². The van der Waals surface area contributed by atoms with E-state index in [-0.39, 0.29) is 10.6 Å². The van der Waals surface area contributed by atoms with Gasteiger partial charge in [-0.25, -0.2) is 0 Å². The summed E-state index contributed by atoms with van der Waals surface area (Å²) in [7, 11) is 0. The van der Waals surface area contributed by atoms with E-state index in [0.29, 0.717) is 16.9 Å². The molecule has 21 heavy (non-hydrogen) atoms. The van der Waals surface area contributed by atoms with Crippen molar-refractivity contribution in [2.75, 3.05) is 6.54 Å². The lowest BCUT2D eigenvalue weighted by Crippen LogP contribution is -2.28. The van der Waals surface area contributed by atoms with Gasteiger partial charge in [0, 0.05) is 25.1 Å². The minimum absolute atomic E-state index is 0.114. The van der Waals surface area contributed by atoms with E-state index in [2.05, 4.69) is 45.5 Å². The minimum atomic E-state index is -0.365. The summed E-state index contributed by atoms with van der Waals surface area (Å²) >= 11 is 3.32. The summed E-state index contributed by atoms with van der Waals surface area (Å²) in [5.41, 5.74) is 3.88. The van der Waals surface area contributed by atoms with E-state index >= 15 is 0 Å². The number of rotatable bonds is 5. The number of halogens is 1. The van der Waals surface area contributed by atoms with Crippen molar-refractivity contribution in [1.29, 1.82) is 0 Å². The first kappa shape index (κ1) is 14.2. The highest BCUT2D eigenvalue weighted by atomic mass is 79.9. The van der Waals surface area contributed by atoms with Crippen LogP contribution in [0.3, 0.4) is 0 Å². The van der Waals surface area contributed by atoms with Crippen LogP contribution in [0, 0.1) is 10.1 Å². The predicted octanol–water partition coefficient (Wildman–Crippen LogP) is 3.79. The summed E-state index contributed by atoms with van der Waals surface area (Å²) < 4.78 is 0.566. The van der Waals surface area contributed by atoms with E-state index in [1.807, 2.05) is 6.07 Å². The molecular formula is C16H15BrN2O2. The van der Waals surface area contributed by atoms with Crippen LogP contribution < -0.4 is 5.32 Å². The quantitative estimate of drug-likeness (QED) is 0.661. The molecule has 0 saturated carbocycles. The lowest BCUT2D eigenvalue weighted by molar-refractivity contribution is -0.385. The van der Waals surface area contributed by atoms with Crippen LogP contribution in [0.15, 0.2) is 46.9 Å². The smallest absolute Gasteiger partial charge is 0.283 e. The molecule has 0 fully saturated rings. The van der Waals surface area contributed by atoms with Crippen LogP contribution in [0.1, 0.15) is 22.6 Å². The van der Waals surface area contributed by atoms with Crippen molar-refractivity contribution in [3.05, 3.63) is 73.7 Å². The molecule has 3 rings (SSSR count). The van der Waals surface area contributed by atoms with E-state index < -0.39 is 0 Å². The van der Waals surface area contributed by atoms with Gasteiger partial charge in [0.05, 0.1) is 9.40 Å². The van der Waals surface area contributed by atoms with Gasteiger partial charge in [0.2, 0.25) is 0 Å². The van der Waals surface area contributed by atoms with E-state index in [1.54, 1.807) is 6.07 Å². The van der Waals surface area contributed by atoms with E-state index in [1.165, 1.54) is 17.2 Å². The Hall–Kier alpha value is -1.72. The first-order valence-electron chi connectivity index (χ1n) is 6.87. The number of hydrogen-bond donors (Lipinski definition) is 1. The highest BCUT2D eigenvalue weighted by Crippen LogP contribution is 2.34. The van der Waals surface area contributed by atoms with Gasteiger partial charge in [0.1, 0.15) is 0 Å². The first-order chi connectivity index (χ1) is 10.2. The van der Waals surface area contributed by atoms with Crippen LogP contribution in [-0.4, -0.2) is 11.5 Å². The van der Waals surface area contributed by atoms with Gasteiger partial charge in [0.15, 0.2) is 0 Å². The summed E-state index contributed by atoms with van der Waals surface area (Å²) in [6.45, 7) is 1.52. The van der Waals surface area contributed by atoms with Gasteiger partial charge in [-0.1, -0.05) is 36.4 Å². The second-order valence-corrected chi connectivity index (χ2v) is 6.03. The zero-order chi connectivity index (χ0) is 14.8. The van der Waals surface area contributed by atoms with Gasteiger partial charge < -0.3 is 5.32 Å². The van der Waals surface area contributed by atoms with Crippen LogP contribution in [0.2, 0.25) is 0 Å². The Morgan fingerprint density at radius 2 is 2.05 bits per heavy atom. The maximum Gasteiger partial charge on any atom is 0.283 e. The summed E-state index contributed by atoms with van der Waals surface area (Å²) in [5.74, 6) is 0.554. The molecule has 0 saturated heterocycles. The zero-order valence-electron chi connectivity index (χ0n) is 11.4. The molecule has 0 bridgehead atoms. The van der Waals surface area contributed by atoms with Crippen molar-refractivity contribution in [3.63, 3.8) is 0 Å². The van der Waals surface area contributed by atoms with Gasteiger partial charge in [-0.2, -0.15) is 0 Å². The molecule has 2 aromatic carbocycles. The Balaban J connectivity index is 1.60. The molecule has 0 amide bonds. The van der Waals surface area contributed by atoms with Crippen molar-refractivity contribution in [3.8, 4) is 0 Å². The van der Waals surface area contributed by atoms with Gasteiger partial charge in [0.25, 0.3) is 5.69 Å². The second-order valence-electron chi connectivity index (χ2n) is 5.24. The molecule has 2 aromatic rings. The molecule has 0 aliphatic heterocycles. The lowest BCUT2D eigenvalue weighted by Gasteiger charge is -2.30. The minimum Gasteiger partial charge on any atom is -0.312 e. The molecule has 0 spiro atoms. The van der Waals surface area contributed by atoms with Gasteiger partial charge in [-0.3, -0.25) is 10.1 Å². The largest absolute Gasteiger partial charge is 0.312 e. The normalized spacial score (nSPS) is 16.1. The Labute approximate surface area is 131 Å². The Morgan fingerprint density at radius 1 is 1.24 bits per heavy atom. The molecule has 1 unspecified atom stereocenters. The zero-order valence-corrected chi connectivity index (χ0v) is 13.0. The average molecular weight is 347 g/mol. The summed E-state index contributed by atoms with van der Waals surface area (Å²) in [4.78, 5) is 10.5. The number of nitrogens with one attached hydrogen (secondary N) is 1. The fourth-order valence-electron chi connectivity index (χ4n) is 2.77. The number of benzene rings is 2. The van der Waals surface area contributed by atoms with Gasteiger partial charge in [-0.05, 0) is 39.0 Å². The standard InChI is InChI=1S/C16H15BrN2O2/c17-16-12(5-3-7-15(16)19(20)21)9-18-10-13-8-11-4-1-2-6-14(11)13/h1-7,13,18H,8-10H2. The number of nitro groups is 1. The van der Waals surface area contributed by atoms with Crippen LogP contribution >= 0.6 is 15.9 Å². The van der Waals surface area contributed by atoms with Gasteiger partial charge >= 0.3 is 0 Å². The monoisotopic (exact) mass is 346 g/mol. The van der Waals surface area contributed by atoms with E-state index in [4.69, 9.17) is 0 Å². The summed E-state index contributed by atoms with van der Waals surface area (Å²) in [6, 6.07) is 13.6. The molecule has 0 aromatic heterocycles. The summed E-state index contributed by atoms with van der Waals surface area (Å²) in [5, 5.41) is 14.3. The third-order valence-corrected chi connectivity index (χ3v) is 4.84. The molecule has 4 nitrogen and oxygen atoms in total. The van der Waals surface area contributed by atoms with Crippen molar-refractivity contribution < 1.29 is 4.92 Å². The van der Waals surface area contributed by atoms with Crippen LogP contribution in [0.5, 0.6) is 0 Å². The van der Waals surface area contributed by atoms with Crippen LogP contribution in [-0.2, 0) is 13.0 Å².